The quantitative estimate of drug-likeness (QED) is 0.509. The van der Waals surface area contributed by atoms with E-state index in [0.29, 0.717) is 13.1 Å². The highest BCUT2D eigenvalue weighted by molar-refractivity contribution is 7.44. The topological polar surface area (TPSA) is 74.7 Å². The predicted molar refractivity (Wildman–Crippen MR) is 58.5 cm³/mol. The maximum absolute atomic E-state index is 11.4. The van der Waals surface area contributed by atoms with Crippen LogP contribution in [0.4, 0.5) is 0 Å². The molecule has 0 aromatic carbocycles. The summed E-state index contributed by atoms with van der Waals surface area (Å²) in [5.74, 6) is -1.04. The second-order valence-corrected chi connectivity index (χ2v) is 4.99. The van der Waals surface area contributed by atoms with Crippen LogP contribution in [0.2, 0.25) is 0 Å². The van der Waals surface area contributed by atoms with Crippen molar-refractivity contribution >= 4 is 19.5 Å². The second-order valence-electron chi connectivity index (χ2n) is 3.10. The average Bonchev–Trinajstić information content (AvgIpc) is 2.26. The number of hydrogen-bond donors (Lipinski definition) is 1. The Balaban J connectivity index is 4.09. The van der Waals surface area contributed by atoms with Crippen LogP contribution in [-0.4, -0.2) is 47.3 Å². The zero-order valence-electron chi connectivity index (χ0n) is 9.15. The standard InChI is InChI=1S/C9H18NO4P/c1-3-10(4-2)9(13)8(12)5-6-15(14)7-11/h11,15H,3-7H2,1-2H3. The van der Waals surface area contributed by atoms with Gasteiger partial charge in [-0.1, -0.05) is 0 Å². The third-order valence-electron chi connectivity index (χ3n) is 2.10. The Hall–Kier alpha value is -0.670. The molecule has 1 N–H and O–H groups in total. The fraction of sp³-hybridized carbons (Fsp3) is 0.778. The summed E-state index contributed by atoms with van der Waals surface area (Å²) in [4.78, 5) is 24.2. The highest BCUT2D eigenvalue weighted by Gasteiger charge is 2.19. The number of rotatable bonds is 7. The van der Waals surface area contributed by atoms with Crippen molar-refractivity contribution in [3.8, 4) is 0 Å². The Morgan fingerprint density at radius 1 is 1.27 bits per heavy atom. The molecule has 1 unspecified atom stereocenters. The van der Waals surface area contributed by atoms with Crippen molar-refractivity contribution in [3.05, 3.63) is 0 Å². The van der Waals surface area contributed by atoms with Crippen LogP contribution in [0.5, 0.6) is 0 Å². The number of aliphatic hydroxyl groups excluding tert-OH is 1. The van der Waals surface area contributed by atoms with E-state index < -0.39 is 25.8 Å². The van der Waals surface area contributed by atoms with Gasteiger partial charge in [-0.2, -0.15) is 0 Å². The smallest absolute Gasteiger partial charge is 0.289 e. The summed E-state index contributed by atoms with van der Waals surface area (Å²) in [6.45, 7) is 4.59. The molecule has 15 heavy (non-hydrogen) atoms. The number of amides is 1. The van der Waals surface area contributed by atoms with Crippen molar-refractivity contribution < 1.29 is 19.3 Å². The van der Waals surface area contributed by atoms with Crippen molar-refractivity contribution in [3.63, 3.8) is 0 Å². The van der Waals surface area contributed by atoms with Crippen molar-refractivity contribution in [2.24, 2.45) is 0 Å². The number of likely N-dealkylation sites (N-methyl/N-ethyl adjacent to an activating group) is 1. The molecular weight excluding hydrogens is 217 g/mol. The van der Waals surface area contributed by atoms with E-state index >= 15 is 0 Å². The van der Waals surface area contributed by atoms with Crippen molar-refractivity contribution in [2.75, 3.05) is 25.6 Å². The number of carbonyl (C=O) groups excluding carboxylic acids is 2. The molecule has 0 aliphatic rings. The van der Waals surface area contributed by atoms with Gasteiger partial charge in [0.2, 0.25) is 5.78 Å². The molecule has 0 aromatic rings. The first-order valence-electron chi connectivity index (χ1n) is 5.01. The van der Waals surface area contributed by atoms with E-state index in [1.165, 1.54) is 4.90 Å². The summed E-state index contributed by atoms with van der Waals surface area (Å²) in [7, 11) is -2.08. The van der Waals surface area contributed by atoms with Gasteiger partial charge in [0, 0.05) is 25.7 Å². The highest BCUT2D eigenvalue weighted by atomic mass is 31.1. The molecule has 0 heterocycles. The molecule has 0 saturated heterocycles. The molecule has 1 atom stereocenters. The maximum atomic E-state index is 11.4. The average molecular weight is 235 g/mol. The lowest BCUT2D eigenvalue weighted by Crippen LogP contribution is -2.36. The first kappa shape index (κ1) is 14.3. The Morgan fingerprint density at radius 2 is 1.80 bits per heavy atom. The van der Waals surface area contributed by atoms with E-state index in [0.717, 1.165) is 0 Å². The van der Waals surface area contributed by atoms with Gasteiger partial charge in [0.25, 0.3) is 5.91 Å². The van der Waals surface area contributed by atoms with E-state index in [-0.39, 0.29) is 12.6 Å². The van der Waals surface area contributed by atoms with E-state index in [9.17, 15) is 14.2 Å². The van der Waals surface area contributed by atoms with Crippen LogP contribution < -0.4 is 0 Å². The Labute approximate surface area is 90.2 Å². The Kier molecular flexibility index (Phi) is 7.26. The fourth-order valence-corrected chi connectivity index (χ4v) is 1.79. The monoisotopic (exact) mass is 235 g/mol. The summed E-state index contributed by atoms with van der Waals surface area (Å²) in [5.41, 5.74) is 0. The van der Waals surface area contributed by atoms with Crippen LogP contribution in [0.3, 0.4) is 0 Å². The van der Waals surface area contributed by atoms with E-state index in [2.05, 4.69) is 0 Å². The number of ketones is 1. The lowest BCUT2D eigenvalue weighted by molar-refractivity contribution is -0.144. The van der Waals surface area contributed by atoms with Gasteiger partial charge in [0.1, 0.15) is 7.80 Å². The molecule has 0 bridgehead atoms. The van der Waals surface area contributed by atoms with E-state index in [4.69, 9.17) is 5.11 Å². The first-order valence-corrected chi connectivity index (χ1v) is 6.83. The third kappa shape index (κ3) is 5.09. The molecule has 0 aromatic heterocycles. The lowest BCUT2D eigenvalue weighted by Gasteiger charge is -2.17. The number of hydrogen-bond acceptors (Lipinski definition) is 4. The van der Waals surface area contributed by atoms with Gasteiger partial charge in [-0.25, -0.2) is 0 Å². The Bertz CT molecular complexity index is 250. The SMILES string of the molecule is CCN(CC)C(=O)C(=O)CC[PH](=O)CO. The minimum atomic E-state index is -2.08. The number of Topliss-reactive ketones (excluding diaryl/α,β-unsaturated/α-hetero) is 1. The molecule has 0 aliphatic heterocycles. The normalized spacial score (nSPS) is 12.2. The number of carbonyl (C=O) groups is 2. The summed E-state index contributed by atoms with van der Waals surface area (Å²) in [6, 6.07) is 0. The van der Waals surface area contributed by atoms with Crippen molar-refractivity contribution in [2.45, 2.75) is 20.3 Å². The summed E-state index contributed by atoms with van der Waals surface area (Å²) in [5, 5.41) is 8.51. The Morgan fingerprint density at radius 3 is 2.20 bits per heavy atom. The van der Waals surface area contributed by atoms with Crippen LogP contribution >= 0.6 is 7.80 Å². The fourth-order valence-electron chi connectivity index (χ4n) is 1.13. The van der Waals surface area contributed by atoms with Crippen LogP contribution in [0, 0.1) is 0 Å². The van der Waals surface area contributed by atoms with Crippen LogP contribution in [-0.2, 0) is 14.2 Å². The molecule has 0 rings (SSSR count). The summed E-state index contributed by atoms with van der Waals surface area (Å²) < 4.78 is 10.9. The predicted octanol–water partition coefficient (Wildman–Crippen LogP) is 0.323. The van der Waals surface area contributed by atoms with Crippen LogP contribution in [0.25, 0.3) is 0 Å². The highest BCUT2D eigenvalue weighted by Crippen LogP contribution is 2.19. The molecule has 5 nitrogen and oxygen atoms in total. The molecule has 88 valence electrons. The molecule has 0 spiro atoms. The van der Waals surface area contributed by atoms with Gasteiger partial charge in [-0.15, -0.1) is 0 Å². The van der Waals surface area contributed by atoms with Gasteiger partial charge < -0.3 is 14.6 Å². The van der Waals surface area contributed by atoms with Crippen LogP contribution in [0.1, 0.15) is 20.3 Å². The van der Waals surface area contributed by atoms with E-state index in [1.54, 1.807) is 13.8 Å². The second kappa shape index (κ2) is 7.60. The van der Waals surface area contributed by atoms with Crippen LogP contribution in [0.15, 0.2) is 0 Å². The summed E-state index contributed by atoms with van der Waals surface area (Å²) in [6.07, 6.45) is -0.307. The molecule has 1 amide bonds. The van der Waals surface area contributed by atoms with Gasteiger partial charge in [0.05, 0.1) is 6.35 Å². The molecule has 0 aliphatic carbocycles. The number of aliphatic hydroxyl groups is 1. The summed E-state index contributed by atoms with van der Waals surface area (Å²) >= 11 is 0. The molecule has 0 radical (unpaired) electrons. The van der Waals surface area contributed by atoms with Crippen molar-refractivity contribution in [1.82, 2.24) is 4.90 Å². The van der Waals surface area contributed by atoms with Gasteiger partial charge in [-0.05, 0) is 13.8 Å². The molecule has 6 heteroatoms. The van der Waals surface area contributed by atoms with Gasteiger partial charge in [-0.3, -0.25) is 9.59 Å². The minimum absolute atomic E-state index is 0.0340. The largest absolute Gasteiger partial charge is 0.389 e. The molecule has 0 fully saturated rings. The van der Waals surface area contributed by atoms with Gasteiger partial charge >= 0.3 is 0 Å². The van der Waals surface area contributed by atoms with Crippen molar-refractivity contribution in [1.29, 1.82) is 0 Å². The zero-order chi connectivity index (χ0) is 11.8. The molecule has 0 saturated carbocycles. The number of nitrogens with zero attached hydrogens (tertiary/aromatic N) is 1. The minimum Gasteiger partial charge on any atom is -0.389 e. The van der Waals surface area contributed by atoms with Gasteiger partial charge in [0.15, 0.2) is 0 Å². The maximum Gasteiger partial charge on any atom is 0.289 e. The zero-order valence-corrected chi connectivity index (χ0v) is 10.2. The molecular formula is C9H18NO4P. The van der Waals surface area contributed by atoms with E-state index in [1.807, 2.05) is 0 Å². The first-order chi connectivity index (χ1) is 7.06. The third-order valence-corrected chi connectivity index (χ3v) is 3.26. The lowest BCUT2D eigenvalue weighted by atomic mass is 10.2.